The molecular weight excluding hydrogens is 242 g/mol. The minimum absolute atomic E-state index is 0.146. The smallest absolute Gasteiger partial charge is 0.188 e. The zero-order chi connectivity index (χ0) is 12.6. The molecule has 1 N–H and O–H groups in total. The third-order valence-electron chi connectivity index (χ3n) is 2.07. The number of carbonyl (C=O) groups excluding carboxylic acids is 2. The second kappa shape index (κ2) is 9.07. The molecule has 0 saturated carbocycles. The molecule has 3 nitrogen and oxygen atoms in total. The molecule has 0 aliphatic carbocycles. The SMILES string of the molecule is CSCC(=O)C(CCC(=O)SC)NC(C)C. The largest absolute Gasteiger partial charge is 0.305 e. The zero-order valence-corrected chi connectivity index (χ0v) is 12.0. The van der Waals surface area contributed by atoms with Crippen LogP contribution in [0.3, 0.4) is 0 Å². The minimum Gasteiger partial charge on any atom is -0.305 e. The summed E-state index contributed by atoms with van der Waals surface area (Å²) in [6.45, 7) is 4.02. The predicted molar refractivity (Wildman–Crippen MR) is 73.2 cm³/mol. The molecular formula is C11H21NO2S2. The van der Waals surface area contributed by atoms with Crippen LogP contribution in [0.15, 0.2) is 0 Å². The zero-order valence-electron chi connectivity index (χ0n) is 10.4. The molecule has 0 aromatic heterocycles. The van der Waals surface area contributed by atoms with Crippen LogP contribution in [0.1, 0.15) is 26.7 Å². The summed E-state index contributed by atoms with van der Waals surface area (Å²) in [5.41, 5.74) is 0. The van der Waals surface area contributed by atoms with Gasteiger partial charge in [0.15, 0.2) is 10.9 Å². The van der Waals surface area contributed by atoms with E-state index in [2.05, 4.69) is 5.32 Å². The Labute approximate surface area is 107 Å². The second-order valence-electron chi connectivity index (χ2n) is 3.89. The van der Waals surface area contributed by atoms with Gasteiger partial charge < -0.3 is 5.32 Å². The Bertz CT molecular complexity index is 232. The summed E-state index contributed by atoms with van der Waals surface area (Å²) in [6.07, 6.45) is 4.76. The van der Waals surface area contributed by atoms with Crippen molar-refractivity contribution < 1.29 is 9.59 Å². The Hall–Kier alpha value is -0.0000000000000000763. The lowest BCUT2D eigenvalue weighted by Crippen LogP contribution is -2.42. The molecule has 0 rings (SSSR count). The van der Waals surface area contributed by atoms with Crippen LogP contribution in [0.5, 0.6) is 0 Å². The van der Waals surface area contributed by atoms with Crippen molar-refractivity contribution in [3.05, 3.63) is 0 Å². The van der Waals surface area contributed by atoms with E-state index in [1.165, 1.54) is 23.5 Å². The van der Waals surface area contributed by atoms with Gasteiger partial charge in [-0.15, -0.1) is 0 Å². The molecule has 0 spiro atoms. The van der Waals surface area contributed by atoms with Crippen LogP contribution in [0.4, 0.5) is 0 Å². The summed E-state index contributed by atoms with van der Waals surface area (Å²) in [6, 6.07) is 0.0868. The molecule has 0 saturated heterocycles. The summed E-state index contributed by atoms with van der Waals surface area (Å²) in [5.74, 6) is 0.702. The summed E-state index contributed by atoms with van der Waals surface area (Å²) in [7, 11) is 0. The molecule has 0 aromatic carbocycles. The van der Waals surface area contributed by atoms with Crippen LogP contribution in [0.25, 0.3) is 0 Å². The number of carbonyl (C=O) groups is 2. The summed E-state index contributed by atoms with van der Waals surface area (Å²) < 4.78 is 0. The maximum absolute atomic E-state index is 11.8. The molecule has 0 radical (unpaired) electrons. The Morgan fingerprint density at radius 3 is 2.31 bits per heavy atom. The molecule has 0 amide bonds. The first-order valence-corrected chi connectivity index (χ1v) is 7.97. The van der Waals surface area contributed by atoms with Gasteiger partial charge in [0.05, 0.1) is 11.8 Å². The molecule has 0 heterocycles. The van der Waals surface area contributed by atoms with Gasteiger partial charge in [0.25, 0.3) is 0 Å². The number of ketones is 1. The lowest BCUT2D eigenvalue weighted by Gasteiger charge is -2.19. The van der Waals surface area contributed by atoms with Crippen molar-refractivity contribution in [3.63, 3.8) is 0 Å². The van der Waals surface area contributed by atoms with E-state index in [1.807, 2.05) is 20.1 Å². The number of thioether (sulfide) groups is 2. The molecule has 0 aliphatic rings. The first kappa shape index (κ1) is 16.0. The molecule has 0 fully saturated rings. The standard InChI is InChI=1S/C11H21NO2S2/c1-8(2)12-9(10(13)7-15-3)5-6-11(14)16-4/h8-9,12H,5-7H2,1-4H3. The fraction of sp³-hybridized carbons (Fsp3) is 0.818. The van der Waals surface area contributed by atoms with Crippen LogP contribution < -0.4 is 5.32 Å². The predicted octanol–water partition coefficient (Wildman–Crippen LogP) is 1.95. The normalized spacial score (nSPS) is 12.8. The van der Waals surface area contributed by atoms with Crippen molar-refractivity contribution in [2.24, 2.45) is 0 Å². The first-order chi connectivity index (χ1) is 7.51. The molecule has 0 aliphatic heterocycles. The van der Waals surface area contributed by atoms with Gasteiger partial charge in [-0.2, -0.15) is 11.8 Å². The van der Waals surface area contributed by atoms with Gasteiger partial charge in [-0.3, -0.25) is 9.59 Å². The summed E-state index contributed by atoms with van der Waals surface area (Å²) >= 11 is 2.75. The summed E-state index contributed by atoms with van der Waals surface area (Å²) in [4.78, 5) is 23.0. The lowest BCUT2D eigenvalue weighted by atomic mass is 10.1. The fourth-order valence-electron chi connectivity index (χ4n) is 1.35. The van der Waals surface area contributed by atoms with Gasteiger partial charge in [0, 0.05) is 12.5 Å². The number of Topliss-reactive ketones (excluding diaryl/α,β-unsaturated/α-hetero) is 1. The van der Waals surface area contributed by atoms with Crippen molar-refractivity contribution in [1.82, 2.24) is 5.32 Å². The van der Waals surface area contributed by atoms with E-state index in [-0.39, 0.29) is 23.0 Å². The second-order valence-corrected chi connectivity index (χ2v) is 5.62. The Morgan fingerprint density at radius 1 is 1.25 bits per heavy atom. The quantitative estimate of drug-likeness (QED) is 0.725. The van der Waals surface area contributed by atoms with Crippen molar-refractivity contribution in [3.8, 4) is 0 Å². The maximum Gasteiger partial charge on any atom is 0.188 e. The van der Waals surface area contributed by atoms with Crippen LogP contribution >= 0.6 is 23.5 Å². The molecule has 5 heteroatoms. The maximum atomic E-state index is 11.8. The monoisotopic (exact) mass is 263 g/mol. The average molecular weight is 263 g/mol. The third-order valence-corrected chi connectivity index (χ3v) is 3.31. The number of nitrogens with one attached hydrogen (secondary N) is 1. The summed E-state index contributed by atoms with van der Waals surface area (Å²) in [5, 5.41) is 3.37. The van der Waals surface area contributed by atoms with Crippen LogP contribution in [-0.4, -0.2) is 41.2 Å². The van der Waals surface area contributed by atoms with Crippen LogP contribution in [-0.2, 0) is 9.59 Å². The van der Waals surface area contributed by atoms with Gasteiger partial charge in [0.2, 0.25) is 0 Å². The fourth-order valence-corrected chi connectivity index (χ4v) is 2.15. The number of rotatable bonds is 8. The van der Waals surface area contributed by atoms with E-state index >= 15 is 0 Å². The minimum atomic E-state index is -0.177. The highest BCUT2D eigenvalue weighted by molar-refractivity contribution is 8.13. The van der Waals surface area contributed by atoms with Crippen molar-refractivity contribution in [1.29, 1.82) is 0 Å². The molecule has 1 atom stereocenters. The highest BCUT2D eigenvalue weighted by Crippen LogP contribution is 2.09. The van der Waals surface area contributed by atoms with Crippen LogP contribution in [0.2, 0.25) is 0 Å². The Morgan fingerprint density at radius 2 is 1.88 bits per heavy atom. The van der Waals surface area contributed by atoms with E-state index < -0.39 is 0 Å². The molecule has 16 heavy (non-hydrogen) atoms. The van der Waals surface area contributed by atoms with Crippen LogP contribution in [0, 0.1) is 0 Å². The van der Waals surface area contributed by atoms with Gasteiger partial charge in [-0.25, -0.2) is 0 Å². The molecule has 1 unspecified atom stereocenters. The Kier molecular flexibility index (Phi) is 9.07. The molecule has 94 valence electrons. The third kappa shape index (κ3) is 7.30. The van der Waals surface area contributed by atoms with E-state index in [0.717, 1.165) is 0 Å². The highest BCUT2D eigenvalue weighted by Gasteiger charge is 2.19. The van der Waals surface area contributed by atoms with Crippen molar-refractivity contribution >= 4 is 34.4 Å². The van der Waals surface area contributed by atoms with Crippen molar-refractivity contribution in [2.75, 3.05) is 18.3 Å². The number of hydrogen-bond acceptors (Lipinski definition) is 5. The lowest BCUT2D eigenvalue weighted by molar-refractivity contribution is -0.119. The highest BCUT2D eigenvalue weighted by atomic mass is 32.2. The van der Waals surface area contributed by atoms with E-state index in [1.54, 1.807) is 6.26 Å². The average Bonchev–Trinajstić information content (AvgIpc) is 2.23. The van der Waals surface area contributed by atoms with Gasteiger partial charge in [0.1, 0.15) is 0 Å². The Balaban J connectivity index is 4.19. The van der Waals surface area contributed by atoms with E-state index in [0.29, 0.717) is 18.6 Å². The van der Waals surface area contributed by atoms with Gasteiger partial charge >= 0.3 is 0 Å². The molecule has 0 bridgehead atoms. The topological polar surface area (TPSA) is 46.2 Å². The van der Waals surface area contributed by atoms with Crippen molar-refractivity contribution in [2.45, 2.75) is 38.8 Å². The van der Waals surface area contributed by atoms with E-state index in [4.69, 9.17) is 0 Å². The van der Waals surface area contributed by atoms with Gasteiger partial charge in [-0.1, -0.05) is 25.6 Å². The molecule has 0 aromatic rings. The number of hydrogen-bond donors (Lipinski definition) is 1. The first-order valence-electron chi connectivity index (χ1n) is 5.35. The van der Waals surface area contributed by atoms with Gasteiger partial charge in [-0.05, 0) is 18.9 Å². The van der Waals surface area contributed by atoms with E-state index in [9.17, 15) is 9.59 Å².